The predicted octanol–water partition coefficient (Wildman–Crippen LogP) is 1.89. The Morgan fingerprint density at radius 2 is 2.21 bits per heavy atom. The van der Waals surface area contributed by atoms with Gasteiger partial charge in [0.05, 0.1) is 12.9 Å². The van der Waals surface area contributed by atoms with E-state index >= 15 is 0 Å². The molecule has 1 aromatic rings. The van der Waals surface area contributed by atoms with Crippen LogP contribution in [0.1, 0.15) is 31.4 Å². The van der Waals surface area contributed by atoms with Crippen molar-refractivity contribution in [3.05, 3.63) is 24.2 Å². The molecule has 0 amide bonds. The van der Waals surface area contributed by atoms with E-state index < -0.39 is 0 Å². The van der Waals surface area contributed by atoms with Crippen LogP contribution >= 0.6 is 0 Å². The second-order valence-corrected chi connectivity index (χ2v) is 7.78. The minimum Gasteiger partial charge on any atom is -0.469 e. The number of methoxy groups -OCH3 is 1. The number of ether oxygens (including phenoxy) is 2. The molecule has 1 aromatic heterocycles. The van der Waals surface area contributed by atoms with Crippen molar-refractivity contribution in [2.75, 3.05) is 59.7 Å². The highest BCUT2D eigenvalue weighted by molar-refractivity contribution is 5.80. The highest BCUT2D eigenvalue weighted by Gasteiger charge is 2.20. The lowest BCUT2D eigenvalue weighted by atomic mass is 10.1. The van der Waals surface area contributed by atoms with Crippen molar-refractivity contribution in [2.45, 2.75) is 38.1 Å². The molecule has 0 saturated carbocycles. The van der Waals surface area contributed by atoms with Gasteiger partial charge in [0.2, 0.25) is 0 Å². The molecule has 7 nitrogen and oxygen atoms in total. The molecule has 3 heterocycles. The monoisotopic (exact) mass is 392 g/mol. The van der Waals surface area contributed by atoms with E-state index in [0.717, 1.165) is 96.4 Å². The number of nitrogens with zero attached hydrogens (tertiary/aromatic N) is 2. The number of hydrogen-bond donors (Lipinski definition) is 2. The van der Waals surface area contributed by atoms with Gasteiger partial charge in [0.1, 0.15) is 5.76 Å². The van der Waals surface area contributed by atoms with Crippen LogP contribution in [0.5, 0.6) is 0 Å². The summed E-state index contributed by atoms with van der Waals surface area (Å²) in [6.07, 6.45) is 7.11. The average Bonchev–Trinajstić information content (AvgIpc) is 3.42. The zero-order valence-electron chi connectivity index (χ0n) is 17.2. The first kappa shape index (κ1) is 21.1. The van der Waals surface area contributed by atoms with Crippen molar-refractivity contribution >= 4 is 5.96 Å². The molecule has 2 aliphatic heterocycles. The molecule has 28 heavy (non-hydrogen) atoms. The van der Waals surface area contributed by atoms with Crippen LogP contribution in [0.2, 0.25) is 0 Å². The van der Waals surface area contributed by atoms with Crippen LogP contribution in [-0.2, 0) is 15.9 Å². The van der Waals surface area contributed by atoms with E-state index in [-0.39, 0.29) is 0 Å². The molecule has 2 fully saturated rings. The first-order chi connectivity index (χ1) is 13.8. The fraction of sp³-hybridized carbons (Fsp3) is 0.762. The maximum atomic E-state index is 5.48. The van der Waals surface area contributed by atoms with Gasteiger partial charge in [0.15, 0.2) is 5.96 Å². The third-order valence-electron chi connectivity index (χ3n) is 5.53. The maximum absolute atomic E-state index is 5.48. The van der Waals surface area contributed by atoms with Gasteiger partial charge in [0.25, 0.3) is 0 Å². The Labute approximate surface area is 168 Å². The average molecular weight is 393 g/mol. The summed E-state index contributed by atoms with van der Waals surface area (Å²) >= 11 is 0. The fourth-order valence-corrected chi connectivity index (χ4v) is 3.79. The first-order valence-electron chi connectivity index (χ1n) is 10.7. The van der Waals surface area contributed by atoms with E-state index in [4.69, 9.17) is 18.9 Å². The highest BCUT2D eigenvalue weighted by atomic mass is 16.5. The zero-order chi connectivity index (χ0) is 19.4. The molecule has 2 saturated heterocycles. The summed E-state index contributed by atoms with van der Waals surface area (Å²) in [4.78, 5) is 7.39. The van der Waals surface area contributed by atoms with Gasteiger partial charge in [-0.05, 0) is 37.8 Å². The van der Waals surface area contributed by atoms with Crippen molar-refractivity contribution in [3.8, 4) is 0 Å². The summed E-state index contributed by atoms with van der Waals surface area (Å²) in [6, 6.07) is 4.43. The lowest BCUT2D eigenvalue weighted by Crippen LogP contribution is -2.49. The number of rotatable bonds is 10. The largest absolute Gasteiger partial charge is 0.469 e. The number of nitrogens with one attached hydrogen (secondary N) is 2. The van der Waals surface area contributed by atoms with Crippen molar-refractivity contribution in [2.24, 2.45) is 10.9 Å². The molecule has 1 unspecified atom stereocenters. The molecule has 158 valence electrons. The molecule has 0 bridgehead atoms. The van der Waals surface area contributed by atoms with E-state index in [9.17, 15) is 0 Å². The van der Waals surface area contributed by atoms with E-state index in [1.165, 1.54) is 0 Å². The van der Waals surface area contributed by atoms with Gasteiger partial charge in [-0.3, -0.25) is 4.99 Å². The number of aliphatic imine (C=N–C) groups is 1. The Hall–Kier alpha value is -1.57. The first-order valence-corrected chi connectivity index (χ1v) is 10.7. The van der Waals surface area contributed by atoms with Crippen molar-refractivity contribution in [1.29, 1.82) is 0 Å². The van der Waals surface area contributed by atoms with Crippen LogP contribution in [0.4, 0.5) is 0 Å². The van der Waals surface area contributed by atoms with Gasteiger partial charge >= 0.3 is 0 Å². The summed E-state index contributed by atoms with van der Waals surface area (Å²) in [5.41, 5.74) is 0. The van der Waals surface area contributed by atoms with Crippen LogP contribution < -0.4 is 10.6 Å². The van der Waals surface area contributed by atoms with Crippen LogP contribution in [0, 0.1) is 5.92 Å². The van der Waals surface area contributed by atoms with Gasteiger partial charge in [0, 0.05) is 71.4 Å². The molecule has 2 aliphatic rings. The summed E-state index contributed by atoms with van der Waals surface area (Å²) in [5.74, 6) is 2.48. The molecule has 1 atom stereocenters. The van der Waals surface area contributed by atoms with Crippen molar-refractivity contribution in [3.63, 3.8) is 0 Å². The minimum absolute atomic E-state index is 0.480. The zero-order valence-corrected chi connectivity index (χ0v) is 17.2. The molecular formula is C21H36N4O3. The molecule has 7 heteroatoms. The summed E-state index contributed by atoms with van der Waals surface area (Å²) in [5, 5.41) is 7.15. The Kier molecular flexibility index (Phi) is 9.13. The lowest BCUT2D eigenvalue weighted by Gasteiger charge is -2.33. The third kappa shape index (κ3) is 7.45. The molecule has 0 spiro atoms. The normalized spacial score (nSPS) is 21.9. The Morgan fingerprint density at radius 1 is 1.32 bits per heavy atom. The molecule has 0 aromatic carbocycles. The highest BCUT2D eigenvalue weighted by Crippen LogP contribution is 2.13. The van der Waals surface area contributed by atoms with Crippen LogP contribution in [0.15, 0.2) is 27.8 Å². The van der Waals surface area contributed by atoms with Crippen LogP contribution in [-0.4, -0.2) is 76.6 Å². The van der Waals surface area contributed by atoms with Gasteiger partial charge in [-0.25, -0.2) is 0 Å². The Morgan fingerprint density at radius 3 is 2.93 bits per heavy atom. The molecule has 0 radical (unpaired) electrons. The minimum atomic E-state index is 0.480. The second kappa shape index (κ2) is 12.1. The van der Waals surface area contributed by atoms with Crippen molar-refractivity contribution < 1.29 is 13.9 Å². The lowest BCUT2D eigenvalue weighted by molar-refractivity contribution is 0.155. The number of furan rings is 1. The summed E-state index contributed by atoms with van der Waals surface area (Å²) in [7, 11) is 1.77. The van der Waals surface area contributed by atoms with Gasteiger partial charge < -0.3 is 29.4 Å². The molecule has 3 rings (SSSR count). The van der Waals surface area contributed by atoms with Gasteiger partial charge in [-0.15, -0.1) is 0 Å². The standard InChI is InChI=1S/C21H36N4O3/c1-26-13-3-10-25-11-6-19(7-12-25)24-21(23-16-18-8-15-27-17-18)22-9-5-20-4-2-14-28-20/h2,4,14,18-19H,3,5-13,15-17H2,1H3,(H2,22,23,24). The van der Waals surface area contributed by atoms with Gasteiger partial charge in [-0.1, -0.05) is 0 Å². The van der Waals surface area contributed by atoms with E-state index in [1.54, 1.807) is 13.4 Å². The van der Waals surface area contributed by atoms with Gasteiger partial charge in [-0.2, -0.15) is 0 Å². The third-order valence-corrected chi connectivity index (χ3v) is 5.53. The number of hydrogen-bond acceptors (Lipinski definition) is 5. The number of guanidine groups is 1. The second-order valence-electron chi connectivity index (χ2n) is 7.78. The van der Waals surface area contributed by atoms with Crippen LogP contribution in [0.25, 0.3) is 0 Å². The Bertz CT molecular complexity index is 550. The predicted molar refractivity (Wildman–Crippen MR) is 111 cm³/mol. The number of piperidine rings is 1. The number of likely N-dealkylation sites (tertiary alicyclic amines) is 1. The molecule has 2 N–H and O–H groups in total. The smallest absolute Gasteiger partial charge is 0.191 e. The fourth-order valence-electron chi connectivity index (χ4n) is 3.79. The van der Waals surface area contributed by atoms with E-state index in [1.807, 2.05) is 12.1 Å². The van der Waals surface area contributed by atoms with Crippen molar-refractivity contribution in [1.82, 2.24) is 15.5 Å². The van der Waals surface area contributed by atoms with E-state index in [0.29, 0.717) is 12.0 Å². The summed E-state index contributed by atoms with van der Waals surface area (Å²) in [6.45, 7) is 7.60. The molecular weight excluding hydrogens is 356 g/mol. The summed E-state index contributed by atoms with van der Waals surface area (Å²) < 4.78 is 16.1. The molecule has 0 aliphatic carbocycles. The SMILES string of the molecule is COCCCN1CCC(NC(=NCC2CCOC2)NCCc2ccco2)CC1. The quantitative estimate of drug-likeness (QED) is 0.360. The van der Waals surface area contributed by atoms with E-state index in [2.05, 4.69) is 15.5 Å². The topological polar surface area (TPSA) is 71.3 Å². The Balaban J connectivity index is 1.43. The maximum Gasteiger partial charge on any atom is 0.191 e. The van der Waals surface area contributed by atoms with Crippen LogP contribution in [0.3, 0.4) is 0 Å².